The van der Waals surface area contributed by atoms with Gasteiger partial charge < -0.3 is 0 Å². The number of nitrogens with zero attached hydrogens (tertiary/aromatic N) is 2. The van der Waals surface area contributed by atoms with E-state index in [1.807, 2.05) is 31.2 Å². The molecule has 0 atom stereocenters. The molecular formula is C15H12F3N5OS. The maximum Gasteiger partial charge on any atom is 0.427 e. The second-order valence-electron chi connectivity index (χ2n) is 5.09. The molecule has 0 bridgehead atoms. The van der Waals surface area contributed by atoms with Gasteiger partial charge in [0, 0.05) is 11.6 Å². The summed E-state index contributed by atoms with van der Waals surface area (Å²) in [5.74, 6) is 0.239. The molecule has 2 amide bonds. The SMILES string of the molecule is Cc1ccccc1-c1cc(NC(=O)Nc2ncc(C(F)(F)F)s2)n[nH]1. The fraction of sp³-hybridized carbons (Fsp3) is 0.133. The zero-order chi connectivity index (χ0) is 18.0. The van der Waals surface area contributed by atoms with E-state index < -0.39 is 17.1 Å². The number of aromatic amines is 1. The number of nitrogens with one attached hydrogen (secondary N) is 3. The van der Waals surface area contributed by atoms with Crippen molar-refractivity contribution >= 4 is 28.3 Å². The summed E-state index contributed by atoms with van der Waals surface area (Å²) >= 11 is 0.346. The zero-order valence-corrected chi connectivity index (χ0v) is 13.6. The number of alkyl halides is 3. The minimum Gasteiger partial charge on any atom is -0.291 e. The number of carbonyl (C=O) groups excluding carboxylic acids is 1. The Balaban J connectivity index is 1.66. The van der Waals surface area contributed by atoms with Gasteiger partial charge in [-0.15, -0.1) is 0 Å². The van der Waals surface area contributed by atoms with Crippen LogP contribution in [0.1, 0.15) is 10.4 Å². The summed E-state index contributed by atoms with van der Waals surface area (Å²) in [6.45, 7) is 1.94. The van der Waals surface area contributed by atoms with E-state index in [2.05, 4.69) is 25.8 Å². The number of amides is 2. The van der Waals surface area contributed by atoms with Crippen molar-refractivity contribution in [1.29, 1.82) is 0 Å². The van der Waals surface area contributed by atoms with Gasteiger partial charge in [-0.1, -0.05) is 35.6 Å². The third kappa shape index (κ3) is 3.97. The van der Waals surface area contributed by atoms with Crippen molar-refractivity contribution in [2.24, 2.45) is 0 Å². The Bertz CT molecular complexity index is 902. The molecule has 0 saturated heterocycles. The molecule has 2 aromatic heterocycles. The first-order valence-corrected chi connectivity index (χ1v) is 7.87. The first-order chi connectivity index (χ1) is 11.8. The van der Waals surface area contributed by atoms with E-state index in [-0.39, 0.29) is 10.9 Å². The van der Waals surface area contributed by atoms with Gasteiger partial charge in [0.15, 0.2) is 10.9 Å². The van der Waals surface area contributed by atoms with E-state index in [1.165, 1.54) is 0 Å². The number of aromatic nitrogens is 3. The van der Waals surface area contributed by atoms with E-state index in [0.717, 1.165) is 11.1 Å². The van der Waals surface area contributed by atoms with Crippen molar-refractivity contribution in [3.63, 3.8) is 0 Å². The van der Waals surface area contributed by atoms with Crippen LogP contribution in [0.3, 0.4) is 0 Å². The van der Waals surface area contributed by atoms with Gasteiger partial charge in [-0.25, -0.2) is 9.78 Å². The topological polar surface area (TPSA) is 82.7 Å². The first kappa shape index (κ1) is 17.0. The van der Waals surface area contributed by atoms with Crippen LogP contribution in [0.4, 0.5) is 28.9 Å². The van der Waals surface area contributed by atoms with Crippen LogP contribution in [-0.2, 0) is 6.18 Å². The third-order valence-corrected chi connectivity index (χ3v) is 4.22. The van der Waals surface area contributed by atoms with Crippen molar-refractivity contribution < 1.29 is 18.0 Å². The second kappa shape index (κ2) is 6.55. The summed E-state index contributed by atoms with van der Waals surface area (Å²) < 4.78 is 37.5. The predicted octanol–water partition coefficient (Wildman–Crippen LogP) is 4.50. The number of carbonyl (C=O) groups is 1. The molecule has 0 unspecified atom stereocenters. The maximum atomic E-state index is 12.5. The molecule has 130 valence electrons. The number of H-pyrrole nitrogens is 1. The van der Waals surface area contributed by atoms with Crippen LogP contribution >= 0.6 is 11.3 Å². The van der Waals surface area contributed by atoms with Crippen LogP contribution in [0.2, 0.25) is 0 Å². The van der Waals surface area contributed by atoms with Crippen LogP contribution in [0.25, 0.3) is 11.3 Å². The standard InChI is InChI=1S/C15H12F3N5OS/c1-8-4-2-3-5-9(8)10-6-12(23-22-10)20-13(24)21-14-19-7-11(25-14)15(16,17)18/h2-7H,1H3,(H3,19,20,21,22,23,24). The number of benzene rings is 1. The molecule has 0 radical (unpaired) electrons. The number of aryl methyl sites for hydroxylation is 1. The average Bonchev–Trinajstić information content (AvgIpc) is 3.17. The average molecular weight is 367 g/mol. The van der Waals surface area contributed by atoms with Crippen LogP contribution < -0.4 is 10.6 Å². The van der Waals surface area contributed by atoms with Gasteiger partial charge in [-0.3, -0.25) is 15.7 Å². The number of anilines is 2. The van der Waals surface area contributed by atoms with Gasteiger partial charge >= 0.3 is 12.2 Å². The minimum atomic E-state index is -4.49. The molecule has 2 heterocycles. The van der Waals surface area contributed by atoms with Gasteiger partial charge in [-0.2, -0.15) is 18.3 Å². The molecular weight excluding hydrogens is 355 g/mol. The number of thiazole rings is 1. The fourth-order valence-corrected chi connectivity index (χ4v) is 2.79. The lowest BCUT2D eigenvalue weighted by atomic mass is 10.1. The lowest BCUT2D eigenvalue weighted by molar-refractivity contribution is -0.134. The summed E-state index contributed by atoms with van der Waals surface area (Å²) in [5.41, 5.74) is 2.67. The number of hydrogen-bond donors (Lipinski definition) is 3. The molecule has 6 nitrogen and oxygen atoms in total. The molecule has 0 spiro atoms. The minimum absolute atomic E-state index is 0.153. The number of urea groups is 1. The smallest absolute Gasteiger partial charge is 0.291 e. The molecule has 10 heteroatoms. The lowest BCUT2D eigenvalue weighted by Gasteiger charge is -2.02. The molecule has 3 rings (SSSR count). The molecule has 3 N–H and O–H groups in total. The highest BCUT2D eigenvalue weighted by Gasteiger charge is 2.33. The molecule has 0 saturated carbocycles. The van der Waals surface area contributed by atoms with Gasteiger partial charge in [0.05, 0.1) is 11.9 Å². The van der Waals surface area contributed by atoms with E-state index in [4.69, 9.17) is 0 Å². The Hall–Kier alpha value is -2.88. The van der Waals surface area contributed by atoms with Crippen LogP contribution in [-0.4, -0.2) is 21.2 Å². The van der Waals surface area contributed by atoms with E-state index in [1.54, 1.807) is 6.07 Å². The largest absolute Gasteiger partial charge is 0.427 e. The summed E-state index contributed by atoms with van der Waals surface area (Å²) in [7, 11) is 0. The van der Waals surface area contributed by atoms with Gasteiger partial charge in [-0.05, 0) is 12.5 Å². The lowest BCUT2D eigenvalue weighted by Crippen LogP contribution is -2.19. The molecule has 1 aromatic carbocycles. The molecule has 0 aliphatic carbocycles. The monoisotopic (exact) mass is 367 g/mol. The number of rotatable bonds is 3. The molecule has 0 aliphatic heterocycles. The van der Waals surface area contributed by atoms with Crippen molar-refractivity contribution in [1.82, 2.24) is 15.2 Å². The molecule has 0 fully saturated rings. The highest BCUT2D eigenvalue weighted by atomic mass is 32.1. The van der Waals surface area contributed by atoms with Crippen molar-refractivity contribution in [2.75, 3.05) is 10.6 Å². The van der Waals surface area contributed by atoms with Crippen molar-refractivity contribution in [2.45, 2.75) is 13.1 Å². The maximum absolute atomic E-state index is 12.5. The van der Waals surface area contributed by atoms with E-state index in [0.29, 0.717) is 23.2 Å². The third-order valence-electron chi connectivity index (χ3n) is 3.26. The Morgan fingerprint density at radius 1 is 1.24 bits per heavy atom. The highest BCUT2D eigenvalue weighted by molar-refractivity contribution is 7.15. The highest BCUT2D eigenvalue weighted by Crippen LogP contribution is 2.35. The molecule has 25 heavy (non-hydrogen) atoms. The zero-order valence-electron chi connectivity index (χ0n) is 12.8. The van der Waals surface area contributed by atoms with Crippen LogP contribution in [0, 0.1) is 6.92 Å². The van der Waals surface area contributed by atoms with Gasteiger partial charge in [0.1, 0.15) is 4.88 Å². The van der Waals surface area contributed by atoms with Gasteiger partial charge in [0.25, 0.3) is 0 Å². The number of halogens is 3. The summed E-state index contributed by atoms with van der Waals surface area (Å²) in [4.78, 5) is 14.5. The molecule has 0 aliphatic rings. The van der Waals surface area contributed by atoms with Crippen LogP contribution in [0.15, 0.2) is 36.5 Å². The Morgan fingerprint density at radius 3 is 2.68 bits per heavy atom. The van der Waals surface area contributed by atoms with E-state index in [9.17, 15) is 18.0 Å². The Morgan fingerprint density at radius 2 is 2.00 bits per heavy atom. The van der Waals surface area contributed by atoms with Crippen molar-refractivity contribution in [3.8, 4) is 11.3 Å². The summed E-state index contributed by atoms with van der Waals surface area (Å²) in [6, 6.07) is 8.53. The predicted molar refractivity (Wildman–Crippen MR) is 88.5 cm³/mol. The molecule has 3 aromatic rings. The normalized spacial score (nSPS) is 11.4. The quantitative estimate of drug-likeness (QED) is 0.637. The summed E-state index contributed by atoms with van der Waals surface area (Å²) in [5, 5.41) is 11.3. The Labute approximate surface area is 144 Å². The Kier molecular flexibility index (Phi) is 4.45. The van der Waals surface area contributed by atoms with Crippen LogP contribution in [0.5, 0.6) is 0 Å². The second-order valence-corrected chi connectivity index (χ2v) is 6.12. The number of hydrogen-bond acceptors (Lipinski definition) is 4. The van der Waals surface area contributed by atoms with E-state index >= 15 is 0 Å². The van der Waals surface area contributed by atoms with Crippen molar-refractivity contribution in [3.05, 3.63) is 47.0 Å². The summed E-state index contributed by atoms with van der Waals surface area (Å²) in [6.07, 6.45) is -3.82. The fourth-order valence-electron chi connectivity index (χ4n) is 2.11. The first-order valence-electron chi connectivity index (χ1n) is 7.05. The van der Waals surface area contributed by atoms with Gasteiger partial charge in [0.2, 0.25) is 0 Å².